The van der Waals surface area contributed by atoms with E-state index in [0.29, 0.717) is 18.2 Å². The topological polar surface area (TPSA) is 59.2 Å². The van der Waals surface area contributed by atoms with E-state index in [1.54, 1.807) is 0 Å². The van der Waals surface area contributed by atoms with Crippen LogP contribution in [0.2, 0.25) is 0 Å². The third kappa shape index (κ3) is 3.44. The molecule has 1 saturated heterocycles. The fourth-order valence-electron chi connectivity index (χ4n) is 3.07. The molecule has 23 heavy (non-hydrogen) atoms. The normalized spacial score (nSPS) is 15.8. The van der Waals surface area contributed by atoms with Gasteiger partial charge in [0.15, 0.2) is 0 Å². The summed E-state index contributed by atoms with van der Waals surface area (Å²) in [7, 11) is 0. The Bertz CT molecular complexity index is 672. The van der Waals surface area contributed by atoms with Gasteiger partial charge in [0.2, 0.25) is 17.7 Å². The molecule has 1 aromatic carbocycles. The van der Waals surface area contributed by atoms with Gasteiger partial charge in [-0.25, -0.2) is 0 Å². The highest BCUT2D eigenvalue weighted by atomic mass is 16.4. The average molecular weight is 313 g/mol. The summed E-state index contributed by atoms with van der Waals surface area (Å²) in [5, 5.41) is 8.45. The van der Waals surface area contributed by atoms with Crippen LogP contribution in [0.5, 0.6) is 0 Å². The van der Waals surface area contributed by atoms with Crippen molar-refractivity contribution in [3.05, 3.63) is 35.7 Å². The van der Waals surface area contributed by atoms with Crippen LogP contribution in [0.4, 0.5) is 0 Å². The first-order chi connectivity index (χ1) is 11.2. The van der Waals surface area contributed by atoms with Gasteiger partial charge in [0, 0.05) is 31.0 Å². The minimum atomic E-state index is 0.256. The van der Waals surface area contributed by atoms with E-state index in [2.05, 4.69) is 10.2 Å². The van der Waals surface area contributed by atoms with Crippen molar-refractivity contribution in [3.8, 4) is 11.5 Å². The van der Waals surface area contributed by atoms with Crippen LogP contribution < -0.4 is 0 Å². The van der Waals surface area contributed by atoms with Crippen molar-refractivity contribution in [2.45, 2.75) is 45.4 Å². The predicted octanol–water partition coefficient (Wildman–Crippen LogP) is 3.55. The first kappa shape index (κ1) is 15.7. The molecule has 0 unspecified atom stereocenters. The van der Waals surface area contributed by atoms with Crippen molar-refractivity contribution >= 4 is 5.91 Å². The lowest BCUT2D eigenvalue weighted by Crippen LogP contribution is -2.37. The molecular formula is C18H23N3O2. The molecule has 3 rings (SSSR count). The van der Waals surface area contributed by atoms with Gasteiger partial charge in [-0.1, -0.05) is 25.1 Å². The number of hydrogen-bond acceptors (Lipinski definition) is 4. The lowest BCUT2D eigenvalue weighted by Gasteiger charge is -2.30. The highest BCUT2D eigenvalue weighted by Crippen LogP contribution is 2.30. The van der Waals surface area contributed by atoms with Gasteiger partial charge < -0.3 is 9.32 Å². The molecule has 2 aromatic rings. The van der Waals surface area contributed by atoms with Crippen molar-refractivity contribution in [1.82, 2.24) is 15.1 Å². The fraction of sp³-hybridized carbons (Fsp3) is 0.500. The highest BCUT2D eigenvalue weighted by molar-refractivity contribution is 5.76. The number of carbonyl (C=O) groups excluding carboxylic acids is 1. The summed E-state index contributed by atoms with van der Waals surface area (Å²) in [6.45, 7) is 5.64. The molecule has 5 heteroatoms. The molecule has 1 aliphatic rings. The predicted molar refractivity (Wildman–Crippen MR) is 87.9 cm³/mol. The quantitative estimate of drug-likeness (QED) is 0.866. The molecule has 0 bridgehead atoms. The van der Waals surface area contributed by atoms with E-state index in [9.17, 15) is 4.79 Å². The lowest BCUT2D eigenvalue weighted by molar-refractivity contribution is -0.132. The number of aryl methyl sites for hydroxylation is 1. The van der Waals surface area contributed by atoms with E-state index in [-0.39, 0.29) is 11.8 Å². The zero-order chi connectivity index (χ0) is 16.2. The second-order valence-corrected chi connectivity index (χ2v) is 6.17. The van der Waals surface area contributed by atoms with Gasteiger partial charge in [-0.15, -0.1) is 10.2 Å². The number of amides is 1. The number of carbonyl (C=O) groups is 1. The first-order valence-corrected chi connectivity index (χ1v) is 8.36. The second-order valence-electron chi connectivity index (χ2n) is 6.17. The van der Waals surface area contributed by atoms with Crippen molar-refractivity contribution in [3.63, 3.8) is 0 Å². The molecule has 1 aliphatic heterocycles. The molecule has 0 spiro atoms. The van der Waals surface area contributed by atoms with Crippen molar-refractivity contribution < 1.29 is 9.21 Å². The number of nitrogens with zero attached hydrogens (tertiary/aromatic N) is 3. The molecule has 2 heterocycles. The zero-order valence-electron chi connectivity index (χ0n) is 13.8. The van der Waals surface area contributed by atoms with E-state index in [4.69, 9.17) is 4.42 Å². The smallest absolute Gasteiger partial charge is 0.248 e. The first-order valence-electron chi connectivity index (χ1n) is 8.36. The maximum Gasteiger partial charge on any atom is 0.248 e. The Morgan fingerprint density at radius 2 is 2.00 bits per heavy atom. The van der Waals surface area contributed by atoms with E-state index in [1.165, 1.54) is 0 Å². The van der Waals surface area contributed by atoms with Crippen molar-refractivity contribution in [1.29, 1.82) is 0 Å². The van der Waals surface area contributed by atoms with Gasteiger partial charge in [0.05, 0.1) is 0 Å². The molecule has 0 radical (unpaired) electrons. The summed E-state index contributed by atoms with van der Waals surface area (Å²) in [5.41, 5.74) is 2.12. The Kier molecular flexibility index (Phi) is 4.74. The van der Waals surface area contributed by atoms with Crippen LogP contribution in [-0.2, 0) is 4.79 Å². The molecule has 0 atom stereocenters. The number of piperidine rings is 1. The Hall–Kier alpha value is -2.17. The molecule has 122 valence electrons. The summed E-state index contributed by atoms with van der Waals surface area (Å²) in [4.78, 5) is 13.9. The van der Waals surface area contributed by atoms with Crippen molar-refractivity contribution in [2.24, 2.45) is 0 Å². The Morgan fingerprint density at radius 1 is 1.26 bits per heavy atom. The average Bonchev–Trinajstić information content (AvgIpc) is 3.05. The van der Waals surface area contributed by atoms with Gasteiger partial charge in [0.25, 0.3) is 0 Å². The summed E-state index contributed by atoms with van der Waals surface area (Å²) in [6, 6.07) is 8.01. The SMILES string of the molecule is CCCC(=O)N1CCC(c2nnc(-c3ccccc3C)o2)CC1. The third-order valence-corrected chi connectivity index (χ3v) is 4.48. The molecule has 1 aromatic heterocycles. The van der Waals surface area contributed by atoms with Crippen LogP contribution in [-0.4, -0.2) is 34.1 Å². The highest BCUT2D eigenvalue weighted by Gasteiger charge is 2.27. The minimum absolute atomic E-state index is 0.256. The van der Waals surface area contributed by atoms with E-state index in [1.807, 2.05) is 43.0 Å². The zero-order valence-corrected chi connectivity index (χ0v) is 13.8. The Balaban J connectivity index is 1.66. The number of hydrogen-bond donors (Lipinski definition) is 0. The largest absolute Gasteiger partial charge is 0.420 e. The van der Waals surface area contributed by atoms with Gasteiger partial charge in [-0.3, -0.25) is 4.79 Å². The van der Waals surface area contributed by atoms with Crippen LogP contribution in [0.15, 0.2) is 28.7 Å². The molecule has 1 fully saturated rings. The van der Waals surface area contributed by atoms with Crippen LogP contribution in [0.1, 0.15) is 50.0 Å². The minimum Gasteiger partial charge on any atom is -0.420 e. The summed E-state index contributed by atoms with van der Waals surface area (Å²) >= 11 is 0. The van der Waals surface area contributed by atoms with Crippen LogP contribution >= 0.6 is 0 Å². The maximum absolute atomic E-state index is 11.9. The van der Waals surface area contributed by atoms with Crippen LogP contribution in [0, 0.1) is 6.92 Å². The number of likely N-dealkylation sites (tertiary alicyclic amines) is 1. The van der Waals surface area contributed by atoms with E-state index < -0.39 is 0 Å². The van der Waals surface area contributed by atoms with Crippen LogP contribution in [0.25, 0.3) is 11.5 Å². The fourth-order valence-corrected chi connectivity index (χ4v) is 3.07. The third-order valence-electron chi connectivity index (χ3n) is 4.48. The van der Waals surface area contributed by atoms with Gasteiger partial charge in [0.1, 0.15) is 0 Å². The standard InChI is InChI=1S/C18H23N3O2/c1-3-6-16(22)21-11-9-14(10-12-21)17-19-20-18(23-17)15-8-5-4-7-13(15)2/h4-5,7-8,14H,3,6,9-12H2,1-2H3. The molecule has 0 saturated carbocycles. The molecule has 5 nitrogen and oxygen atoms in total. The summed E-state index contributed by atoms with van der Waals surface area (Å²) in [6.07, 6.45) is 3.33. The number of aromatic nitrogens is 2. The molecular weight excluding hydrogens is 290 g/mol. The number of benzene rings is 1. The lowest BCUT2D eigenvalue weighted by atomic mass is 9.96. The molecule has 0 aliphatic carbocycles. The van der Waals surface area contributed by atoms with Crippen molar-refractivity contribution in [2.75, 3.05) is 13.1 Å². The van der Waals surface area contributed by atoms with Gasteiger partial charge in [-0.2, -0.15) is 0 Å². The second kappa shape index (κ2) is 6.94. The monoisotopic (exact) mass is 313 g/mol. The Morgan fingerprint density at radius 3 is 2.70 bits per heavy atom. The van der Waals surface area contributed by atoms with E-state index >= 15 is 0 Å². The number of rotatable bonds is 4. The summed E-state index contributed by atoms with van der Waals surface area (Å²) < 4.78 is 5.91. The van der Waals surface area contributed by atoms with Crippen LogP contribution in [0.3, 0.4) is 0 Å². The van der Waals surface area contributed by atoms with Gasteiger partial charge >= 0.3 is 0 Å². The summed E-state index contributed by atoms with van der Waals surface area (Å²) in [5.74, 6) is 1.80. The Labute approximate surface area is 136 Å². The van der Waals surface area contributed by atoms with Gasteiger partial charge in [-0.05, 0) is 37.8 Å². The van der Waals surface area contributed by atoms with E-state index in [0.717, 1.165) is 43.5 Å². The maximum atomic E-state index is 11.9. The molecule has 1 amide bonds. The molecule has 0 N–H and O–H groups in total.